The molecule has 2 atom stereocenters. The highest BCUT2D eigenvalue weighted by Crippen LogP contribution is 2.19. The quantitative estimate of drug-likeness (QED) is 0.550. The van der Waals surface area contributed by atoms with E-state index in [1.54, 1.807) is 50.3 Å². The van der Waals surface area contributed by atoms with E-state index < -0.39 is 5.60 Å². The lowest BCUT2D eigenvalue weighted by Crippen LogP contribution is -2.37. The number of Topliss-reactive ketones (excluding diaryl/α,β-unsaturated/α-hetero) is 1. The molecule has 1 aliphatic carbocycles. The molecule has 0 aliphatic heterocycles. The number of benzene rings is 1. The standard InChI is InChI=1S/C19H26N2O4/c1-19(2,23-3)18(22)13-4-7-15(8-5-13)24-10-11-25-17-9-6-14(20)12-16(17)21/h4-9,12,16-17H,10-11,20-21H2,1-3H3. The van der Waals surface area contributed by atoms with E-state index in [2.05, 4.69) is 0 Å². The smallest absolute Gasteiger partial charge is 0.194 e. The molecule has 25 heavy (non-hydrogen) atoms. The molecular formula is C19H26N2O4. The number of carbonyl (C=O) groups excluding carboxylic acids is 1. The molecule has 2 unspecified atom stereocenters. The monoisotopic (exact) mass is 346 g/mol. The van der Waals surface area contributed by atoms with Crippen molar-refractivity contribution in [3.05, 3.63) is 53.8 Å². The average Bonchev–Trinajstić information content (AvgIpc) is 2.60. The second-order valence-electron chi connectivity index (χ2n) is 6.35. The summed E-state index contributed by atoms with van der Waals surface area (Å²) in [6, 6.07) is 6.72. The van der Waals surface area contributed by atoms with Crippen molar-refractivity contribution in [1.82, 2.24) is 0 Å². The fraction of sp³-hybridized carbons (Fsp3) is 0.421. The summed E-state index contributed by atoms with van der Waals surface area (Å²) in [6.45, 7) is 4.26. The van der Waals surface area contributed by atoms with Crippen molar-refractivity contribution in [1.29, 1.82) is 0 Å². The summed E-state index contributed by atoms with van der Waals surface area (Å²) in [4.78, 5) is 12.3. The predicted octanol–water partition coefficient (Wildman–Crippen LogP) is 1.80. The van der Waals surface area contributed by atoms with Gasteiger partial charge in [0.2, 0.25) is 0 Å². The van der Waals surface area contributed by atoms with Gasteiger partial charge in [0.05, 0.1) is 18.8 Å². The minimum atomic E-state index is -0.847. The number of ketones is 1. The molecule has 4 N–H and O–H groups in total. The van der Waals surface area contributed by atoms with E-state index in [0.29, 0.717) is 30.2 Å². The Morgan fingerprint density at radius 2 is 1.88 bits per heavy atom. The van der Waals surface area contributed by atoms with Crippen LogP contribution in [0.1, 0.15) is 24.2 Å². The van der Waals surface area contributed by atoms with Gasteiger partial charge in [0, 0.05) is 18.4 Å². The molecule has 0 heterocycles. The molecule has 1 aromatic carbocycles. The zero-order chi connectivity index (χ0) is 18.4. The molecule has 0 fully saturated rings. The largest absolute Gasteiger partial charge is 0.491 e. The predicted molar refractivity (Wildman–Crippen MR) is 96.5 cm³/mol. The van der Waals surface area contributed by atoms with Crippen LogP contribution in [-0.2, 0) is 9.47 Å². The van der Waals surface area contributed by atoms with Crippen molar-refractivity contribution < 1.29 is 19.0 Å². The van der Waals surface area contributed by atoms with Crippen molar-refractivity contribution in [2.24, 2.45) is 11.5 Å². The van der Waals surface area contributed by atoms with Crippen LogP contribution in [0.25, 0.3) is 0 Å². The second kappa shape index (κ2) is 8.29. The lowest BCUT2D eigenvalue weighted by Gasteiger charge is -2.22. The Morgan fingerprint density at radius 1 is 1.20 bits per heavy atom. The van der Waals surface area contributed by atoms with Crippen LogP contribution in [0.4, 0.5) is 0 Å². The molecule has 0 radical (unpaired) electrons. The van der Waals surface area contributed by atoms with Crippen LogP contribution in [0.5, 0.6) is 5.75 Å². The summed E-state index contributed by atoms with van der Waals surface area (Å²) >= 11 is 0. The molecule has 1 aliphatic rings. The minimum absolute atomic E-state index is 0.0738. The number of nitrogens with two attached hydrogens (primary N) is 2. The Hall–Kier alpha value is -2.15. The van der Waals surface area contributed by atoms with Gasteiger partial charge in [-0.05, 0) is 50.3 Å². The first-order chi connectivity index (χ1) is 11.8. The van der Waals surface area contributed by atoms with Gasteiger partial charge in [0.1, 0.15) is 18.0 Å². The molecule has 0 amide bonds. The first kappa shape index (κ1) is 19.2. The first-order valence-corrected chi connectivity index (χ1v) is 8.19. The van der Waals surface area contributed by atoms with Gasteiger partial charge in [-0.25, -0.2) is 0 Å². The molecule has 6 nitrogen and oxygen atoms in total. The second-order valence-corrected chi connectivity index (χ2v) is 6.35. The number of allylic oxidation sites excluding steroid dienone is 1. The molecule has 2 rings (SSSR count). The van der Waals surface area contributed by atoms with Gasteiger partial charge in [0.15, 0.2) is 5.78 Å². The van der Waals surface area contributed by atoms with E-state index in [1.165, 1.54) is 7.11 Å². The highest BCUT2D eigenvalue weighted by Gasteiger charge is 2.27. The van der Waals surface area contributed by atoms with E-state index in [4.69, 9.17) is 25.7 Å². The Morgan fingerprint density at radius 3 is 2.48 bits per heavy atom. The van der Waals surface area contributed by atoms with Gasteiger partial charge in [-0.3, -0.25) is 4.79 Å². The number of methoxy groups -OCH3 is 1. The Labute approximate surface area is 148 Å². The Bertz CT molecular complexity index is 650. The fourth-order valence-electron chi connectivity index (χ4n) is 2.36. The normalized spacial score (nSPS) is 20.2. The summed E-state index contributed by atoms with van der Waals surface area (Å²) in [5, 5.41) is 0. The van der Waals surface area contributed by atoms with E-state index in [9.17, 15) is 4.79 Å². The van der Waals surface area contributed by atoms with Crippen molar-refractivity contribution in [3.63, 3.8) is 0 Å². The van der Waals surface area contributed by atoms with Gasteiger partial charge in [-0.15, -0.1) is 0 Å². The van der Waals surface area contributed by atoms with Gasteiger partial charge in [-0.2, -0.15) is 0 Å². The van der Waals surface area contributed by atoms with Crippen LogP contribution in [0.2, 0.25) is 0 Å². The molecule has 0 saturated heterocycles. The third-order valence-electron chi connectivity index (χ3n) is 4.08. The van der Waals surface area contributed by atoms with Crippen molar-refractivity contribution in [2.75, 3.05) is 20.3 Å². The summed E-state index contributed by atoms with van der Waals surface area (Å²) in [6.07, 6.45) is 5.19. The minimum Gasteiger partial charge on any atom is -0.491 e. The third kappa shape index (κ3) is 5.16. The molecule has 1 aromatic rings. The van der Waals surface area contributed by atoms with Crippen LogP contribution < -0.4 is 16.2 Å². The maximum atomic E-state index is 12.3. The zero-order valence-electron chi connectivity index (χ0n) is 14.9. The first-order valence-electron chi connectivity index (χ1n) is 8.19. The van der Waals surface area contributed by atoms with Crippen LogP contribution in [0.3, 0.4) is 0 Å². The third-order valence-corrected chi connectivity index (χ3v) is 4.08. The lowest BCUT2D eigenvalue weighted by molar-refractivity contribution is 0.0228. The molecule has 0 bridgehead atoms. The fourth-order valence-corrected chi connectivity index (χ4v) is 2.36. The molecule has 0 spiro atoms. The van der Waals surface area contributed by atoms with Crippen LogP contribution in [0, 0.1) is 0 Å². The summed E-state index contributed by atoms with van der Waals surface area (Å²) in [7, 11) is 1.52. The molecular weight excluding hydrogens is 320 g/mol. The van der Waals surface area contributed by atoms with Crippen molar-refractivity contribution >= 4 is 5.78 Å². The van der Waals surface area contributed by atoms with E-state index in [0.717, 1.165) is 0 Å². The Balaban J connectivity index is 1.79. The van der Waals surface area contributed by atoms with E-state index in [-0.39, 0.29) is 17.9 Å². The summed E-state index contributed by atoms with van der Waals surface area (Å²) in [5.74, 6) is 0.596. The van der Waals surface area contributed by atoms with Crippen molar-refractivity contribution in [3.8, 4) is 5.75 Å². The summed E-state index contributed by atoms with van der Waals surface area (Å²) in [5.41, 5.74) is 12.0. The van der Waals surface area contributed by atoms with Gasteiger partial charge in [-0.1, -0.05) is 6.08 Å². The number of carbonyl (C=O) groups is 1. The van der Waals surface area contributed by atoms with Crippen LogP contribution >= 0.6 is 0 Å². The maximum absolute atomic E-state index is 12.3. The van der Waals surface area contributed by atoms with Crippen molar-refractivity contribution in [2.45, 2.75) is 31.6 Å². The van der Waals surface area contributed by atoms with Gasteiger partial charge in [0.25, 0.3) is 0 Å². The highest BCUT2D eigenvalue weighted by atomic mass is 16.5. The van der Waals surface area contributed by atoms with Crippen LogP contribution in [-0.4, -0.2) is 43.9 Å². The Kier molecular flexibility index (Phi) is 6.36. The molecule has 6 heteroatoms. The topological polar surface area (TPSA) is 96.8 Å². The molecule has 0 aromatic heterocycles. The van der Waals surface area contributed by atoms with Gasteiger partial charge >= 0.3 is 0 Å². The van der Waals surface area contributed by atoms with E-state index >= 15 is 0 Å². The SMILES string of the molecule is COC(C)(C)C(=O)c1ccc(OCCOC2C=CC(N)=CC2N)cc1. The summed E-state index contributed by atoms with van der Waals surface area (Å²) < 4.78 is 16.5. The number of hydrogen-bond acceptors (Lipinski definition) is 6. The number of rotatable bonds is 8. The average molecular weight is 346 g/mol. The molecule has 136 valence electrons. The maximum Gasteiger partial charge on any atom is 0.194 e. The van der Waals surface area contributed by atoms with Gasteiger partial charge < -0.3 is 25.7 Å². The zero-order valence-corrected chi connectivity index (χ0v) is 14.9. The lowest BCUT2D eigenvalue weighted by atomic mass is 9.96. The van der Waals surface area contributed by atoms with E-state index in [1.807, 2.05) is 6.08 Å². The number of ether oxygens (including phenoxy) is 3. The number of hydrogen-bond donors (Lipinski definition) is 2. The highest BCUT2D eigenvalue weighted by molar-refractivity contribution is 6.02. The molecule has 0 saturated carbocycles. The van der Waals surface area contributed by atoms with Crippen LogP contribution in [0.15, 0.2) is 48.2 Å².